The smallest absolute Gasteiger partial charge is 0.258 e. The fourth-order valence-electron chi connectivity index (χ4n) is 2.90. The van der Waals surface area contributed by atoms with Crippen LogP contribution in [0.25, 0.3) is 0 Å². The van der Waals surface area contributed by atoms with Gasteiger partial charge in [-0.1, -0.05) is 12.1 Å². The van der Waals surface area contributed by atoms with Crippen LogP contribution < -0.4 is 15.8 Å². The zero-order chi connectivity index (χ0) is 17.8. The molecule has 0 bridgehead atoms. The molecule has 0 saturated carbocycles. The number of fused-ring (bicyclic) bond motifs is 1. The van der Waals surface area contributed by atoms with Gasteiger partial charge in [0, 0.05) is 19.0 Å². The Hall–Kier alpha value is -2.90. The summed E-state index contributed by atoms with van der Waals surface area (Å²) >= 11 is 0. The summed E-state index contributed by atoms with van der Waals surface area (Å²) in [5.74, 6) is 1.85. The van der Waals surface area contributed by atoms with Crippen LogP contribution in [0.5, 0.6) is 5.75 Å². The van der Waals surface area contributed by atoms with Gasteiger partial charge in [0.15, 0.2) is 6.61 Å². The lowest BCUT2D eigenvalue weighted by molar-refractivity contribution is -0.124. The van der Waals surface area contributed by atoms with Gasteiger partial charge in [0.2, 0.25) is 5.91 Å². The summed E-state index contributed by atoms with van der Waals surface area (Å²) in [6, 6.07) is 7.01. The number of hydrogen-bond acceptors (Lipinski definition) is 5. The molecule has 0 unspecified atom stereocenters. The van der Waals surface area contributed by atoms with Crippen molar-refractivity contribution in [3.8, 4) is 5.75 Å². The van der Waals surface area contributed by atoms with E-state index in [1.807, 2.05) is 11.5 Å². The largest absolute Gasteiger partial charge is 0.484 e. The zero-order valence-electron chi connectivity index (χ0n) is 14.1. The van der Waals surface area contributed by atoms with E-state index < -0.39 is 0 Å². The molecular formula is C17H21N5O3. The molecule has 3 rings (SSSR count). The number of aromatic nitrogens is 3. The van der Waals surface area contributed by atoms with E-state index in [4.69, 9.17) is 10.5 Å². The molecule has 2 heterocycles. The second-order valence-corrected chi connectivity index (χ2v) is 6.15. The van der Waals surface area contributed by atoms with Crippen LogP contribution >= 0.6 is 0 Å². The number of carbonyl (C=O) groups excluding carboxylic acids is 2. The summed E-state index contributed by atoms with van der Waals surface area (Å²) in [6.45, 7) is 2.53. The van der Waals surface area contributed by atoms with Crippen molar-refractivity contribution in [2.45, 2.75) is 38.8 Å². The molecule has 0 spiro atoms. The highest BCUT2D eigenvalue weighted by Crippen LogP contribution is 2.15. The van der Waals surface area contributed by atoms with Crippen molar-refractivity contribution in [3.63, 3.8) is 0 Å². The summed E-state index contributed by atoms with van der Waals surface area (Å²) < 4.78 is 7.52. The molecule has 1 aliphatic rings. The van der Waals surface area contributed by atoms with Crippen molar-refractivity contribution in [3.05, 3.63) is 41.5 Å². The lowest BCUT2D eigenvalue weighted by atomic mass is 10.1. The summed E-state index contributed by atoms with van der Waals surface area (Å²) in [5.41, 5.74) is 5.96. The SMILES string of the molecule is Cc1nnc2n1C[C@H](NC(=O)COc1ccc(CC(N)=O)cc1)CC2. The van der Waals surface area contributed by atoms with Gasteiger partial charge in [-0.2, -0.15) is 0 Å². The predicted octanol–water partition coefficient (Wildman–Crippen LogP) is 0.124. The molecule has 0 aliphatic carbocycles. The van der Waals surface area contributed by atoms with Gasteiger partial charge in [-0.3, -0.25) is 9.59 Å². The fraction of sp³-hybridized carbons (Fsp3) is 0.412. The van der Waals surface area contributed by atoms with Gasteiger partial charge in [0.1, 0.15) is 17.4 Å². The standard InChI is InChI=1S/C17H21N5O3/c1-11-20-21-16-7-4-13(9-22(11)16)19-17(24)10-25-14-5-2-12(3-6-14)8-15(18)23/h2-3,5-6,13H,4,7-10H2,1H3,(H2,18,23)(H,19,24)/t13-/m1/s1. The average molecular weight is 343 g/mol. The maximum absolute atomic E-state index is 12.1. The topological polar surface area (TPSA) is 112 Å². The highest BCUT2D eigenvalue weighted by atomic mass is 16.5. The molecule has 0 radical (unpaired) electrons. The normalized spacial score (nSPS) is 16.1. The number of aryl methyl sites for hydroxylation is 2. The van der Waals surface area contributed by atoms with Crippen LogP contribution in [-0.4, -0.2) is 39.2 Å². The minimum atomic E-state index is -0.382. The molecule has 8 heteroatoms. The lowest BCUT2D eigenvalue weighted by Gasteiger charge is -2.24. The number of ether oxygens (including phenoxy) is 1. The molecule has 8 nitrogen and oxygen atoms in total. The van der Waals surface area contributed by atoms with Gasteiger partial charge in [0.25, 0.3) is 5.91 Å². The third-order valence-electron chi connectivity index (χ3n) is 4.17. The first kappa shape index (κ1) is 16.9. The minimum absolute atomic E-state index is 0.0521. The predicted molar refractivity (Wildman–Crippen MR) is 89.8 cm³/mol. The first-order valence-electron chi connectivity index (χ1n) is 8.19. The molecule has 25 heavy (non-hydrogen) atoms. The maximum atomic E-state index is 12.1. The Morgan fingerprint density at radius 1 is 1.32 bits per heavy atom. The Bertz CT molecular complexity index is 769. The Morgan fingerprint density at radius 2 is 2.08 bits per heavy atom. The molecule has 132 valence electrons. The zero-order valence-corrected chi connectivity index (χ0v) is 14.1. The molecular weight excluding hydrogens is 322 g/mol. The second kappa shape index (κ2) is 7.33. The number of nitrogens with two attached hydrogens (primary N) is 1. The summed E-state index contributed by atoms with van der Waals surface area (Å²) in [7, 11) is 0. The average Bonchev–Trinajstić information content (AvgIpc) is 2.95. The number of rotatable bonds is 6. The summed E-state index contributed by atoms with van der Waals surface area (Å²) in [4.78, 5) is 23.0. The van der Waals surface area contributed by atoms with E-state index in [-0.39, 0.29) is 30.9 Å². The van der Waals surface area contributed by atoms with Crippen molar-refractivity contribution in [2.24, 2.45) is 5.73 Å². The van der Waals surface area contributed by atoms with Crippen LogP contribution in [0, 0.1) is 6.92 Å². The fourth-order valence-corrected chi connectivity index (χ4v) is 2.90. The third-order valence-corrected chi connectivity index (χ3v) is 4.17. The summed E-state index contributed by atoms with van der Waals surface area (Å²) in [5, 5.41) is 11.2. The first-order valence-corrected chi connectivity index (χ1v) is 8.19. The van der Waals surface area contributed by atoms with E-state index in [1.54, 1.807) is 24.3 Å². The van der Waals surface area contributed by atoms with Gasteiger partial charge in [-0.15, -0.1) is 10.2 Å². The molecule has 0 saturated heterocycles. The van der Waals surface area contributed by atoms with Crippen molar-refractivity contribution in [1.82, 2.24) is 20.1 Å². The number of primary amides is 1. The number of amides is 2. The maximum Gasteiger partial charge on any atom is 0.258 e. The Kier molecular flexibility index (Phi) is 4.97. The number of nitrogens with zero attached hydrogens (tertiary/aromatic N) is 3. The first-order chi connectivity index (χ1) is 12.0. The van der Waals surface area contributed by atoms with E-state index >= 15 is 0 Å². The molecule has 3 N–H and O–H groups in total. The molecule has 2 amide bonds. The highest BCUT2D eigenvalue weighted by Gasteiger charge is 2.22. The molecule has 2 aromatic rings. The Labute approximate surface area is 145 Å². The quantitative estimate of drug-likeness (QED) is 0.774. The number of nitrogens with one attached hydrogen (secondary N) is 1. The summed E-state index contributed by atoms with van der Waals surface area (Å²) in [6.07, 6.45) is 1.83. The van der Waals surface area contributed by atoms with Crippen molar-refractivity contribution in [2.75, 3.05) is 6.61 Å². The second-order valence-electron chi connectivity index (χ2n) is 6.15. The van der Waals surface area contributed by atoms with Crippen LogP contribution in [0.3, 0.4) is 0 Å². The van der Waals surface area contributed by atoms with Crippen LogP contribution in [0.2, 0.25) is 0 Å². The lowest BCUT2D eigenvalue weighted by Crippen LogP contribution is -2.43. The third kappa shape index (κ3) is 4.34. The van der Waals surface area contributed by atoms with Crippen LogP contribution in [0.1, 0.15) is 23.6 Å². The van der Waals surface area contributed by atoms with Crippen molar-refractivity contribution in [1.29, 1.82) is 0 Å². The number of hydrogen-bond donors (Lipinski definition) is 2. The molecule has 1 atom stereocenters. The van der Waals surface area contributed by atoms with Gasteiger partial charge in [-0.25, -0.2) is 0 Å². The van der Waals surface area contributed by atoms with Gasteiger partial charge >= 0.3 is 0 Å². The van der Waals surface area contributed by atoms with E-state index in [2.05, 4.69) is 15.5 Å². The van der Waals surface area contributed by atoms with Crippen LogP contribution in [-0.2, 0) is 29.0 Å². The van der Waals surface area contributed by atoms with Gasteiger partial charge < -0.3 is 20.4 Å². The minimum Gasteiger partial charge on any atom is -0.484 e. The van der Waals surface area contributed by atoms with E-state index in [0.29, 0.717) is 12.3 Å². The van der Waals surface area contributed by atoms with Gasteiger partial charge in [0.05, 0.1) is 6.42 Å². The molecule has 1 aromatic carbocycles. The molecule has 1 aliphatic heterocycles. The van der Waals surface area contributed by atoms with Gasteiger partial charge in [-0.05, 0) is 31.0 Å². The number of carbonyl (C=O) groups is 2. The van der Waals surface area contributed by atoms with Crippen LogP contribution in [0.4, 0.5) is 0 Å². The van der Waals surface area contributed by atoms with E-state index in [0.717, 1.165) is 30.1 Å². The Balaban J connectivity index is 1.47. The van der Waals surface area contributed by atoms with Crippen molar-refractivity contribution >= 4 is 11.8 Å². The monoisotopic (exact) mass is 343 g/mol. The number of benzene rings is 1. The van der Waals surface area contributed by atoms with Crippen LogP contribution in [0.15, 0.2) is 24.3 Å². The molecule has 1 aromatic heterocycles. The highest BCUT2D eigenvalue weighted by molar-refractivity contribution is 5.78. The van der Waals surface area contributed by atoms with Crippen molar-refractivity contribution < 1.29 is 14.3 Å². The Morgan fingerprint density at radius 3 is 2.80 bits per heavy atom. The molecule has 0 fully saturated rings. The van der Waals surface area contributed by atoms with E-state index in [1.165, 1.54) is 0 Å². The van der Waals surface area contributed by atoms with E-state index in [9.17, 15) is 9.59 Å².